The van der Waals surface area contributed by atoms with E-state index in [0.717, 1.165) is 51.4 Å². The van der Waals surface area contributed by atoms with Crippen molar-refractivity contribution in [1.29, 1.82) is 0 Å². The van der Waals surface area contributed by atoms with Crippen LogP contribution in [0.5, 0.6) is 0 Å². The summed E-state index contributed by atoms with van der Waals surface area (Å²) in [6, 6.07) is 13.0. The van der Waals surface area contributed by atoms with E-state index in [1.807, 2.05) is 6.08 Å². The molecule has 0 spiro atoms. The van der Waals surface area contributed by atoms with E-state index in [0.29, 0.717) is 34.6 Å². The molecule has 1 aliphatic rings. The number of hydrogen-bond acceptors (Lipinski definition) is 0. The van der Waals surface area contributed by atoms with Crippen molar-refractivity contribution in [2.75, 3.05) is 0 Å². The van der Waals surface area contributed by atoms with Crippen molar-refractivity contribution in [2.45, 2.75) is 70.6 Å². The average molecular weight is 495 g/mol. The molecule has 0 saturated heterocycles. The number of hydrogen-bond donors (Lipinski definition) is 0. The molecule has 190 valence electrons. The molecule has 3 aromatic rings. The Kier molecular flexibility index (Phi) is 8.66. The minimum absolute atomic E-state index is 0.0135. The van der Waals surface area contributed by atoms with Crippen molar-refractivity contribution in [3.63, 3.8) is 0 Å². The highest BCUT2D eigenvalue weighted by atomic mass is 19.2. The van der Waals surface area contributed by atoms with Crippen LogP contribution in [0, 0.1) is 29.2 Å². The van der Waals surface area contributed by atoms with Crippen molar-refractivity contribution >= 4 is 0 Å². The lowest BCUT2D eigenvalue weighted by molar-refractivity contribution is 0.364. The van der Waals surface area contributed by atoms with Crippen LogP contribution in [0.1, 0.15) is 75.3 Å². The normalized spacial score (nSPS) is 17.8. The second kappa shape index (κ2) is 11.9. The lowest BCUT2D eigenvalue weighted by Crippen LogP contribution is -2.13. The van der Waals surface area contributed by atoms with Crippen LogP contribution in [0.2, 0.25) is 0 Å². The zero-order valence-electron chi connectivity index (χ0n) is 20.9. The van der Waals surface area contributed by atoms with Gasteiger partial charge in [-0.3, -0.25) is 0 Å². The fourth-order valence-electron chi connectivity index (χ4n) is 5.35. The van der Waals surface area contributed by atoms with Gasteiger partial charge in [-0.2, -0.15) is 0 Å². The van der Waals surface area contributed by atoms with Crippen LogP contribution in [0.4, 0.5) is 17.6 Å². The van der Waals surface area contributed by atoms with Crippen LogP contribution in [0.15, 0.2) is 61.2 Å². The highest BCUT2D eigenvalue weighted by Gasteiger charge is 2.25. The summed E-state index contributed by atoms with van der Waals surface area (Å²) >= 11 is 0. The van der Waals surface area contributed by atoms with Crippen LogP contribution < -0.4 is 0 Å². The first-order valence-corrected chi connectivity index (χ1v) is 13.1. The Bertz CT molecular complexity index is 1190. The summed E-state index contributed by atoms with van der Waals surface area (Å²) in [6.45, 7) is 5.95. The molecule has 4 heteroatoms. The maximum atomic E-state index is 15.1. The van der Waals surface area contributed by atoms with Gasteiger partial charge in [0.05, 0.1) is 0 Å². The van der Waals surface area contributed by atoms with Crippen LogP contribution in [-0.4, -0.2) is 0 Å². The number of allylic oxidation sites excluding steroid dienone is 1. The van der Waals surface area contributed by atoms with Gasteiger partial charge in [0, 0.05) is 11.1 Å². The molecule has 4 rings (SSSR count). The summed E-state index contributed by atoms with van der Waals surface area (Å²) in [5, 5.41) is 0. The van der Waals surface area contributed by atoms with E-state index in [1.54, 1.807) is 48.5 Å². The van der Waals surface area contributed by atoms with Gasteiger partial charge in [0.2, 0.25) is 0 Å². The largest absolute Gasteiger partial charge is 0.203 e. The van der Waals surface area contributed by atoms with Crippen molar-refractivity contribution in [1.82, 2.24) is 0 Å². The van der Waals surface area contributed by atoms with Crippen molar-refractivity contribution in [3.05, 3.63) is 95.6 Å². The molecule has 0 bridgehead atoms. The Morgan fingerprint density at radius 2 is 1.28 bits per heavy atom. The second-order valence-electron chi connectivity index (χ2n) is 9.97. The van der Waals surface area contributed by atoms with Crippen molar-refractivity contribution < 1.29 is 17.6 Å². The van der Waals surface area contributed by atoms with Gasteiger partial charge in [-0.1, -0.05) is 80.8 Å². The van der Waals surface area contributed by atoms with E-state index >= 15 is 8.78 Å². The molecule has 1 aliphatic carbocycles. The van der Waals surface area contributed by atoms with E-state index in [1.165, 1.54) is 0 Å². The summed E-state index contributed by atoms with van der Waals surface area (Å²) < 4.78 is 59.6. The SMILES string of the molecule is C=CC1CCC(c2ccc(-c3ccc(-c4ccc(CCCCCC)c(F)c4F)cc3)c(F)c2F)CC1. The van der Waals surface area contributed by atoms with Gasteiger partial charge in [-0.15, -0.1) is 6.58 Å². The predicted octanol–water partition coefficient (Wildman–Crippen LogP) is 10.2. The van der Waals surface area contributed by atoms with E-state index in [2.05, 4.69) is 13.5 Å². The highest BCUT2D eigenvalue weighted by Crippen LogP contribution is 2.39. The van der Waals surface area contributed by atoms with Gasteiger partial charge in [0.25, 0.3) is 0 Å². The quantitative estimate of drug-likeness (QED) is 0.158. The maximum Gasteiger partial charge on any atom is 0.166 e. The average Bonchev–Trinajstić information content (AvgIpc) is 2.91. The molecule has 0 amide bonds. The summed E-state index contributed by atoms with van der Waals surface area (Å²) in [5.74, 6) is -2.87. The first kappa shape index (κ1) is 26.2. The summed E-state index contributed by atoms with van der Waals surface area (Å²) in [6.07, 6.45) is 9.97. The number of unbranched alkanes of at least 4 members (excludes halogenated alkanes) is 3. The van der Waals surface area contributed by atoms with Crippen LogP contribution in [0.25, 0.3) is 22.3 Å². The van der Waals surface area contributed by atoms with E-state index in [4.69, 9.17) is 0 Å². The summed E-state index contributed by atoms with van der Waals surface area (Å²) in [5.41, 5.74) is 2.13. The Morgan fingerprint density at radius 1 is 0.694 bits per heavy atom. The highest BCUT2D eigenvalue weighted by molar-refractivity contribution is 5.71. The van der Waals surface area contributed by atoms with Gasteiger partial charge >= 0.3 is 0 Å². The molecule has 1 saturated carbocycles. The Morgan fingerprint density at radius 3 is 1.86 bits per heavy atom. The Balaban J connectivity index is 1.52. The third-order valence-electron chi connectivity index (χ3n) is 7.63. The molecular weight excluding hydrogens is 460 g/mol. The smallest absolute Gasteiger partial charge is 0.166 e. The number of aryl methyl sites for hydroxylation is 1. The molecule has 0 N–H and O–H groups in total. The number of benzene rings is 3. The van der Waals surface area contributed by atoms with Gasteiger partial charge < -0.3 is 0 Å². The zero-order valence-corrected chi connectivity index (χ0v) is 20.9. The van der Waals surface area contributed by atoms with Crippen molar-refractivity contribution in [2.24, 2.45) is 5.92 Å². The molecular formula is C32H34F4. The fourth-order valence-corrected chi connectivity index (χ4v) is 5.35. The molecule has 36 heavy (non-hydrogen) atoms. The topological polar surface area (TPSA) is 0 Å². The lowest BCUT2D eigenvalue weighted by Gasteiger charge is -2.27. The van der Waals surface area contributed by atoms with Crippen LogP contribution in [-0.2, 0) is 6.42 Å². The van der Waals surface area contributed by atoms with Crippen LogP contribution in [0.3, 0.4) is 0 Å². The van der Waals surface area contributed by atoms with Gasteiger partial charge in [0.1, 0.15) is 0 Å². The molecule has 0 radical (unpaired) electrons. The standard InChI is InChI=1S/C32H34F4/c1-3-5-6-7-8-25-17-18-26(30(34)29(25)33)23-13-15-24(16-14-23)28-20-19-27(31(35)32(28)36)22-11-9-21(4-2)10-12-22/h4,13-22H,2-3,5-12H2,1H3. The lowest BCUT2D eigenvalue weighted by atomic mass is 9.78. The first-order chi connectivity index (χ1) is 17.4. The zero-order chi connectivity index (χ0) is 25.7. The van der Waals surface area contributed by atoms with Crippen molar-refractivity contribution in [3.8, 4) is 22.3 Å². The molecule has 0 nitrogen and oxygen atoms in total. The minimum Gasteiger partial charge on any atom is -0.203 e. The molecule has 0 aromatic heterocycles. The van der Waals surface area contributed by atoms with Gasteiger partial charge in [-0.25, -0.2) is 17.6 Å². The van der Waals surface area contributed by atoms with Gasteiger partial charge in [-0.05, 0) is 72.6 Å². The third-order valence-corrected chi connectivity index (χ3v) is 7.63. The third kappa shape index (κ3) is 5.58. The number of halogens is 4. The van der Waals surface area contributed by atoms with E-state index in [9.17, 15) is 8.78 Å². The van der Waals surface area contributed by atoms with Crippen LogP contribution >= 0.6 is 0 Å². The van der Waals surface area contributed by atoms with Gasteiger partial charge in [0.15, 0.2) is 23.3 Å². The fraction of sp³-hybridized carbons (Fsp3) is 0.375. The Labute approximate surface area is 212 Å². The number of rotatable bonds is 9. The maximum absolute atomic E-state index is 15.1. The molecule has 0 aliphatic heterocycles. The first-order valence-electron chi connectivity index (χ1n) is 13.1. The molecule has 0 atom stereocenters. The molecule has 0 heterocycles. The molecule has 0 unspecified atom stereocenters. The molecule has 3 aromatic carbocycles. The van der Waals surface area contributed by atoms with E-state index < -0.39 is 23.3 Å². The second-order valence-corrected chi connectivity index (χ2v) is 9.97. The Hall–Kier alpha value is -2.88. The molecule has 1 fully saturated rings. The monoisotopic (exact) mass is 494 g/mol. The predicted molar refractivity (Wildman–Crippen MR) is 140 cm³/mol. The summed E-state index contributed by atoms with van der Waals surface area (Å²) in [4.78, 5) is 0. The minimum atomic E-state index is -0.872. The summed E-state index contributed by atoms with van der Waals surface area (Å²) in [7, 11) is 0. The van der Waals surface area contributed by atoms with E-state index in [-0.39, 0.29) is 17.0 Å².